The number of amides is 1. The molecule has 0 saturated heterocycles. The van der Waals surface area contributed by atoms with E-state index in [0.29, 0.717) is 17.9 Å². The number of carbonyl (C=O) groups is 2. The van der Waals surface area contributed by atoms with Crippen LogP contribution < -0.4 is 5.73 Å². The van der Waals surface area contributed by atoms with Crippen LogP contribution in [0.4, 0.5) is 5.82 Å². The van der Waals surface area contributed by atoms with E-state index >= 15 is 0 Å². The number of likely N-dealkylation sites (N-methyl/N-ethyl adjacent to an activating group) is 1. The van der Waals surface area contributed by atoms with Crippen molar-refractivity contribution in [1.29, 1.82) is 0 Å². The first-order valence-electron chi connectivity index (χ1n) is 8.70. The van der Waals surface area contributed by atoms with Gasteiger partial charge in [0.15, 0.2) is 0 Å². The van der Waals surface area contributed by atoms with Gasteiger partial charge >= 0.3 is 5.97 Å². The number of methoxy groups -OCH3 is 1. The number of hydrogen-bond acceptors (Lipinski definition) is 5. The van der Waals surface area contributed by atoms with Crippen molar-refractivity contribution in [2.45, 2.75) is 6.54 Å². The van der Waals surface area contributed by atoms with E-state index in [1.165, 1.54) is 13.2 Å². The van der Waals surface area contributed by atoms with Gasteiger partial charge in [-0.2, -0.15) is 0 Å². The lowest BCUT2D eigenvalue weighted by atomic mass is 10.1. The molecule has 144 valence electrons. The molecule has 1 amide bonds. The summed E-state index contributed by atoms with van der Waals surface area (Å²) >= 11 is 0. The van der Waals surface area contributed by atoms with Crippen LogP contribution >= 0.6 is 0 Å². The van der Waals surface area contributed by atoms with Gasteiger partial charge in [-0.1, -0.05) is 6.07 Å². The molecule has 2 N–H and O–H groups in total. The summed E-state index contributed by atoms with van der Waals surface area (Å²) < 4.78 is 6.71. The lowest BCUT2D eigenvalue weighted by Gasteiger charge is -2.14. The van der Waals surface area contributed by atoms with Gasteiger partial charge in [-0.05, 0) is 41.5 Å². The van der Waals surface area contributed by atoms with Crippen molar-refractivity contribution in [3.63, 3.8) is 0 Å². The lowest BCUT2D eigenvalue weighted by molar-refractivity contribution is -0.125. The van der Waals surface area contributed by atoms with Crippen LogP contribution in [0.3, 0.4) is 0 Å². The van der Waals surface area contributed by atoms with E-state index in [-0.39, 0.29) is 11.9 Å². The van der Waals surface area contributed by atoms with Crippen molar-refractivity contribution in [2.75, 3.05) is 19.9 Å². The molecule has 2 aromatic heterocycles. The van der Waals surface area contributed by atoms with Gasteiger partial charge in [0.25, 0.3) is 0 Å². The summed E-state index contributed by atoms with van der Waals surface area (Å²) in [5.41, 5.74) is 8.75. The van der Waals surface area contributed by atoms with E-state index in [1.54, 1.807) is 48.5 Å². The second-order valence-electron chi connectivity index (χ2n) is 6.53. The molecular formula is C21H22N4O3. The summed E-state index contributed by atoms with van der Waals surface area (Å²) in [5, 5.41) is 0.988. The summed E-state index contributed by atoms with van der Waals surface area (Å²) in [6.45, 7) is 0.443. The summed E-state index contributed by atoms with van der Waals surface area (Å²) in [6.07, 6.45) is 6.79. The zero-order valence-electron chi connectivity index (χ0n) is 16.0. The minimum atomic E-state index is -0.376. The molecule has 0 spiro atoms. The highest BCUT2D eigenvalue weighted by Crippen LogP contribution is 2.23. The van der Waals surface area contributed by atoms with Crippen molar-refractivity contribution in [3.05, 3.63) is 65.5 Å². The number of carbonyl (C=O) groups excluding carboxylic acids is 2. The highest BCUT2D eigenvalue weighted by atomic mass is 16.5. The quantitative estimate of drug-likeness (QED) is 0.544. The molecule has 2 heterocycles. The van der Waals surface area contributed by atoms with Crippen molar-refractivity contribution in [1.82, 2.24) is 14.5 Å². The third-order valence-corrected chi connectivity index (χ3v) is 4.51. The largest absolute Gasteiger partial charge is 0.465 e. The first-order chi connectivity index (χ1) is 13.4. The van der Waals surface area contributed by atoms with Crippen LogP contribution in [-0.4, -0.2) is 40.5 Å². The van der Waals surface area contributed by atoms with E-state index in [2.05, 4.69) is 4.98 Å². The normalized spacial score (nSPS) is 11.1. The zero-order valence-corrected chi connectivity index (χ0v) is 16.0. The fourth-order valence-electron chi connectivity index (χ4n) is 2.98. The van der Waals surface area contributed by atoms with Crippen LogP contribution in [0.15, 0.2) is 48.8 Å². The van der Waals surface area contributed by atoms with E-state index in [9.17, 15) is 9.59 Å². The Morgan fingerprint density at radius 2 is 2.07 bits per heavy atom. The molecule has 7 heteroatoms. The predicted octanol–water partition coefficient (Wildman–Crippen LogP) is 2.61. The monoisotopic (exact) mass is 378 g/mol. The molecule has 0 aliphatic rings. The Morgan fingerprint density at radius 1 is 1.29 bits per heavy atom. The number of pyridine rings is 1. The summed E-state index contributed by atoms with van der Waals surface area (Å²) in [5.74, 6) is -0.0637. The summed E-state index contributed by atoms with van der Waals surface area (Å²) in [4.78, 5) is 29.8. The third kappa shape index (κ3) is 4.03. The second-order valence-corrected chi connectivity index (χ2v) is 6.53. The Labute approximate surface area is 163 Å². The number of aryl methyl sites for hydroxylation is 1. The Hall–Kier alpha value is -3.61. The zero-order chi connectivity index (χ0) is 20.3. The maximum atomic E-state index is 12.4. The molecular weight excluding hydrogens is 356 g/mol. The van der Waals surface area contributed by atoms with Gasteiger partial charge in [-0.15, -0.1) is 0 Å². The Bertz CT molecular complexity index is 1050. The third-order valence-electron chi connectivity index (χ3n) is 4.51. The smallest absolute Gasteiger partial charge is 0.337 e. The molecule has 1 aromatic carbocycles. The Morgan fingerprint density at radius 3 is 2.75 bits per heavy atom. The summed E-state index contributed by atoms with van der Waals surface area (Å²) in [7, 11) is 5.01. The van der Waals surface area contributed by atoms with E-state index in [0.717, 1.165) is 22.0 Å². The molecule has 0 saturated carbocycles. The van der Waals surface area contributed by atoms with Gasteiger partial charge in [0.2, 0.25) is 5.91 Å². The SMILES string of the molecule is COC(=O)c1ccc2c(CN(C)C(=O)C=Cc3ccc(N)nc3)cn(C)c2c1. The maximum absolute atomic E-state index is 12.4. The number of esters is 1. The first kappa shape index (κ1) is 19.2. The molecule has 3 rings (SSSR count). The second kappa shape index (κ2) is 7.96. The van der Waals surface area contributed by atoms with Gasteiger partial charge in [0, 0.05) is 50.0 Å². The molecule has 7 nitrogen and oxygen atoms in total. The van der Waals surface area contributed by atoms with Gasteiger partial charge in [0.1, 0.15) is 5.82 Å². The first-order valence-corrected chi connectivity index (χ1v) is 8.70. The molecule has 0 aliphatic heterocycles. The van der Waals surface area contributed by atoms with E-state index in [1.807, 2.05) is 23.9 Å². The number of nitrogens with two attached hydrogens (primary N) is 1. The molecule has 0 unspecified atom stereocenters. The van der Waals surface area contributed by atoms with Gasteiger partial charge < -0.3 is 19.9 Å². The predicted molar refractivity (Wildman–Crippen MR) is 108 cm³/mol. The minimum absolute atomic E-state index is 0.125. The fourth-order valence-corrected chi connectivity index (χ4v) is 2.98. The minimum Gasteiger partial charge on any atom is -0.465 e. The van der Waals surface area contributed by atoms with Crippen LogP contribution in [0, 0.1) is 0 Å². The number of aromatic nitrogens is 2. The van der Waals surface area contributed by atoms with Gasteiger partial charge in [-0.25, -0.2) is 9.78 Å². The highest BCUT2D eigenvalue weighted by molar-refractivity contribution is 5.96. The van der Waals surface area contributed by atoms with Crippen molar-refractivity contribution in [3.8, 4) is 0 Å². The van der Waals surface area contributed by atoms with Crippen LogP contribution in [0.1, 0.15) is 21.5 Å². The average molecular weight is 378 g/mol. The number of benzene rings is 1. The van der Waals surface area contributed by atoms with Crippen LogP contribution in [-0.2, 0) is 23.1 Å². The van der Waals surface area contributed by atoms with E-state index < -0.39 is 0 Å². The lowest BCUT2D eigenvalue weighted by Crippen LogP contribution is -2.24. The number of hydrogen-bond donors (Lipinski definition) is 1. The Balaban J connectivity index is 1.77. The molecule has 3 aromatic rings. The van der Waals surface area contributed by atoms with Gasteiger partial charge in [-0.3, -0.25) is 4.79 Å². The average Bonchev–Trinajstić information content (AvgIpc) is 3.01. The maximum Gasteiger partial charge on any atom is 0.337 e. The van der Waals surface area contributed by atoms with Crippen LogP contribution in [0.2, 0.25) is 0 Å². The van der Waals surface area contributed by atoms with Crippen molar-refractivity contribution >= 4 is 34.7 Å². The molecule has 28 heavy (non-hydrogen) atoms. The van der Waals surface area contributed by atoms with E-state index in [4.69, 9.17) is 10.5 Å². The van der Waals surface area contributed by atoms with Crippen molar-refractivity contribution < 1.29 is 14.3 Å². The fraction of sp³-hybridized carbons (Fsp3) is 0.190. The molecule has 0 fully saturated rings. The number of fused-ring (bicyclic) bond motifs is 1. The molecule has 0 aliphatic carbocycles. The number of anilines is 1. The van der Waals surface area contributed by atoms with Crippen LogP contribution in [0.5, 0.6) is 0 Å². The standard InChI is InChI=1S/C21H22N4O3/c1-24-12-16(17-7-6-15(10-18(17)24)21(27)28-3)13-25(2)20(26)9-5-14-4-8-19(22)23-11-14/h4-12H,13H2,1-3H3,(H2,22,23). The van der Waals surface area contributed by atoms with Crippen molar-refractivity contribution in [2.24, 2.45) is 7.05 Å². The number of nitrogens with zero attached hydrogens (tertiary/aromatic N) is 3. The molecule has 0 bridgehead atoms. The Kier molecular flexibility index (Phi) is 5.44. The number of nitrogen functional groups attached to an aromatic ring is 1. The van der Waals surface area contributed by atoms with Crippen LogP contribution in [0.25, 0.3) is 17.0 Å². The topological polar surface area (TPSA) is 90.4 Å². The van der Waals surface area contributed by atoms with Gasteiger partial charge in [0.05, 0.1) is 12.7 Å². The number of rotatable bonds is 5. The molecule has 0 atom stereocenters. The summed E-state index contributed by atoms with van der Waals surface area (Å²) in [6, 6.07) is 8.89. The number of ether oxygens (including phenoxy) is 1. The molecule has 0 radical (unpaired) electrons. The highest BCUT2D eigenvalue weighted by Gasteiger charge is 2.14.